The van der Waals surface area contributed by atoms with E-state index in [-0.39, 0.29) is 18.0 Å². The van der Waals surface area contributed by atoms with E-state index in [4.69, 9.17) is 4.74 Å². The van der Waals surface area contributed by atoms with Crippen molar-refractivity contribution in [2.45, 2.75) is 83.2 Å². The molecule has 0 saturated carbocycles. The van der Waals surface area contributed by atoms with Crippen molar-refractivity contribution in [3.05, 3.63) is 12.2 Å². The van der Waals surface area contributed by atoms with Crippen molar-refractivity contribution >= 4 is 5.97 Å². The van der Waals surface area contributed by atoms with Crippen LogP contribution >= 0.6 is 0 Å². The van der Waals surface area contributed by atoms with E-state index in [9.17, 15) is 4.79 Å². The Morgan fingerprint density at radius 3 is 2.00 bits per heavy atom. The lowest BCUT2D eigenvalue weighted by Gasteiger charge is -2.35. The Hall–Kier alpha value is -0.790. The van der Waals surface area contributed by atoms with Crippen molar-refractivity contribution in [3.63, 3.8) is 0 Å². The zero-order chi connectivity index (χ0) is 13.3. The maximum absolute atomic E-state index is 11.5. The molecular formula is C17H28O2. The van der Waals surface area contributed by atoms with Gasteiger partial charge in [0.2, 0.25) is 0 Å². The molecule has 1 aliphatic carbocycles. The highest BCUT2D eigenvalue weighted by molar-refractivity contribution is 5.78. The molecule has 1 fully saturated rings. The summed E-state index contributed by atoms with van der Waals surface area (Å²) in [6.07, 6.45) is 19.8. The van der Waals surface area contributed by atoms with Gasteiger partial charge in [-0.25, -0.2) is 0 Å². The Morgan fingerprint density at radius 1 is 0.789 bits per heavy atom. The van der Waals surface area contributed by atoms with Crippen LogP contribution in [0.2, 0.25) is 0 Å². The van der Waals surface area contributed by atoms with Crippen molar-refractivity contribution < 1.29 is 9.53 Å². The third kappa shape index (κ3) is 5.00. The van der Waals surface area contributed by atoms with Gasteiger partial charge >= 0.3 is 5.97 Å². The summed E-state index contributed by atoms with van der Waals surface area (Å²) in [4.78, 5) is 11.5. The van der Waals surface area contributed by atoms with Gasteiger partial charge in [0.15, 0.2) is 0 Å². The molecule has 0 aromatic heterocycles. The van der Waals surface area contributed by atoms with Gasteiger partial charge < -0.3 is 4.74 Å². The van der Waals surface area contributed by atoms with Crippen molar-refractivity contribution in [1.82, 2.24) is 0 Å². The zero-order valence-electron chi connectivity index (χ0n) is 12.1. The van der Waals surface area contributed by atoms with Crippen molar-refractivity contribution in [2.24, 2.45) is 5.92 Å². The lowest BCUT2D eigenvalue weighted by molar-refractivity contribution is -0.186. The molecule has 0 bridgehead atoms. The molecule has 2 heteroatoms. The minimum atomic E-state index is 0.0639. The molecule has 0 radical (unpaired) electrons. The minimum Gasteiger partial charge on any atom is -0.461 e. The number of carbonyl (C=O) groups excluding carboxylic acids is 1. The Bertz CT molecular complexity index is 296. The van der Waals surface area contributed by atoms with Crippen LogP contribution in [0, 0.1) is 5.92 Å². The normalized spacial score (nSPS) is 31.1. The summed E-state index contributed by atoms with van der Waals surface area (Å²) in [6, 6.07) is 0. The summed E-state index contributed by atoms with van der Waals surface area (Å²) in [5.74, 6) is 0.293. The Balaban J connectivity index is 1.73. The van der Waals surface area contributed by atoms with Crippen molar-refractivity contribution in [3.8, 4) is 0 Å². The molecule has 2 aliphatic rings. The second-order valence-corrected chi connectivity index (χ2v) is 6.04. The van der Waals surface area contributed by atoms with Gasteiger partial charge in [0, 0.05) is 0 Å². The Morgan fingerprint density at radius 2 is 1.37 bits per heavy atom. The summed E-state index contributed by atoms with van der Waals surface area (Å²) in [5, 5.41) is 0. The summed E-state index contributed by atoms with van der Waals surface area (Å²) in [7, 11) is 0. The first-order valence-electron chi connectivity index (χ1n) is 8.23. The highest BCUT2D eigenvalue weighted by atomic mass is 16.6. The van der Waals surface area contributed by atoms with Gasteiger partial charge in [-0.15, -0.1) is 0 Å². The predicted octanol–water partition coefficient (Wildman–Crippen LogP) is 4.78. The molecule has 1 aliphatic heterocycles. The topological polar surface area (TPSA) is 26.3 Å². The number of esters is 1. The molecule has 0 spiro atoms. The van der Waals surface area contributed by atoms with Gasteiger partial charge in [-0.05, 0) is 44.9 Å². The van der Waals surface area contributed by atoms with Gasteiger partial charge in [0.1, 0.15) is 6.10 Å². The van der Waals surface area contributed by atoms with E-state index in [1.165, 1.54) is 64.2 Å². The molecule has 1 heterocycles. The predicted molar refractivity (Wildman–Crippen MR) is 77.9 cm³/mol. The first-order chi connectivity index (χ1) is 9.38. The molecule has 0 N–H and O–H groups in total. The molecule has 19 heavy (non-hydrogen) atoms. The fraction of sp³-hybridized carbons (Fsp3) is 0.824. The number of hydrogen-bond donors (Lipinski definition) is 0. The standard InChI is InChI=1S/C17H28O2/c18-17-15-13-11-9-7-5-3-1-2-4-6-8-10-12-14-16(15)19-17/h1-2,15-16H,3-14H2/t15-,16+/m0/s1. The number of fused-ring (bicyclic) bond motifs is 1. The van der Waals surface area contributed by atoms with Gasteiger partial charge in [0.05, 0.1) is 5.92 Å². The van der Waals surface area contributed by atoms with Crippen LogP contribution in [0.5, 0.6) is 0 Å². The molecule has 1 saturated heterocycles. The molecule has 2 rings (SSSR count). The van der Waals surface area contributed by atoms with E-state index in [0.29, 0.717) is 0 Å². The molecule has 2 nitrogen and oxygen atoms in total. The average molecular weight is 264 g/mol. The van der Waals surface area contributed by atoms with Crippen molar-refractivity contribution in [1.29, 1.82) is 0 Å². The monoisotopic (exact) mass is 264 g/mol. The van der Waals surface area contributed by atoms with Crippen LogP contribution in [-0.2, 0) is 9.53 Å². The lowest BCUT2D eigenvalue weighted by Crippen LogP contribution is -2.44. The van der Waals surface area contributed by atoms with Gasteiger partial charge in [-0.3, -0.25) is 4.79 Å². The SMILES string of the molecule is O=C1O[C@@H]2CCCCCCC=CCCCCCC[C@H]12. The molecular weight excluding hydrogens is 236 g/mol. The zero-order valence-corrected chi connectivity index (χ0v) is 12.1. The molecule has 2 atom stereocenters. The third-order valence-corrected chi connectivity index (χ3v) is 4.43. The summed E-state index contributed by atoms with van der Waals surface area (Å²) >= 11 is 0. The summed E-state index contributed by atoms with van der Waals surface area (Å²) < 4.78 is 5.30. The minimum absolute atomic E-state index is 0.0639. The summed E-state index contributed by atoms with van der Waals surface area (Å²) in [6.45, 7) is 0. The van der Waals surface area contributed by atoms with E-state index in [1.807, 2.05) is 0 Å². The maximum atomic E-state index is 11.5. The number of allylic oxidation sites excluding steroid dienone is 2. The fourth-order valence-electron chi connectivity index (χ4n) is 3.14. The fourth-order valence-corrected chi connectivity index (χ4v) is 3.14. The molecule has 0 aromatic rings. The lowest BCUT2D eigenvalue weighted by atomic mass is 9.87. The quantitative estimate of drug-likeness (QED) is 0.465. The highest BCUT2D eigenvalue weighted by Gasteiger charge is 2.40. The van der Waals surface area contributed by atoms with Crippen LogP contribution in [0.1, 0.15) is 77.0 Å². The molecule has 0 aromatic carbocycles. The van der Waals surface area contributed by atoms with Crippen LogP contribution in [-0.4, -0.2) is 12.1 Å². The van der Waals surface area contributed by atoms with Gasteiger partial charge in [0.25, 0.3) is 0 Å². The van der Waals surface area contributed by atoms with E-state index < -0.39 is 0 Å². The number of hydrogen-bond acceptors (Lipinski definition) is 2. The van der Waals surface area contributed by atoms with Crippen molar-refractivity contribution in [2.75, 3.05) is 0 Å². The average Bonchev–Trinajstić information content (AvgIpc) is 2.40. The Labute approximate surface area is 117 Å². The van der Waals surface area contributed by atoms with Crippen LogP contribution in [0.25, 0.3) is 0 Å². The van der Waals surface area contributed by atoms with E-state index in [2.05, 4.69) is 12.2 Å². The Kier molecular flexibility index (Phi) is 6.46. The second kappa shape index (κ2) is 8.39. The maximum Gasteiger partial charge on any atom is 0.313 e. The van der Waals surface area contributed by atoms with Gasteiger partial charge in [-0.1, -0.05) is 44.3 Å². The van der Waals surface area contributed by atoms with Crippen LogP contribution in [0.15, 0.2) is 12.2 Å². The first kappa shape index (κ1) is 14.6. The number of carbonyl (C=O) groups is 1. The highest BCUT2D eigenvalue weighted by Crippen LogP contribution is 2.31. The third-order valence-electron chi connectivity index (χ3n) is 4.43. The van der Waals surface area contributed by atoms with Crippen LogP contribution in [0.4, 0.5) is 0 Å². The number of rotatable bonds is 0. The second-order valence-electron chi connectivity index (χ2n) is 6.04. The van der Waals surface area contributed by atoms with Gasteiger partial charge in [-0.2, -0.15) is 0 Å². The smallest absolute Gasteiger partial charge is 0.313 e. The molecule has 0 amide bonds. The first-order valence-corrected chi connectivity index (χ1v) is 8.23. The summed E-state index contributed by atoms with van der Waals surface area (Å²) in [5.41, 5.74) is 0. The van der Waals surface area contributed by atoms with Crippen LogP contribution < -0.4 is 0 Å². The van der Waals surface area contributed by atoms with E-state index in [1.54, 1.807) is 0 Å². The molecule has 0 unspecified atom stereocenters. The van der Waals surface area contributed by atoms with E-state index >= 15 is 0 Å². The van der Waals surface area contributed by atoms with Crippen LogP contribution in [0.3, 0.4) is 0 Å². The van der Waals surface area contributed by atoms with E-state index in [0.717, 1.165) is 12.8 Å². The number of ether oxygens (including phenoxy) is 1. The largest absolute Gasteiger partial charge is 0.461 e. The molecule has 108 valence electrons.